The zero-order valence-electron chi connectivity index (χ0n) is 15.3. The average molecular weight is 394 g/mol. The third kappa shape index (κ3) is 3.43. The molecule has 1 aromatic carbocycles. The Labute approximate surface area is 159 Å². The molecular weight excluding hydrogens is 372 g/mol. The van der Waals surface area contributed by atoms with Gasteiger partial charge in [0.2, 0.25) is 0 Å². The van der Waals surface area contributed by atoms with Crippen molar-refractivity contribution in [2.75, 3.05) is 6.61 Å². The lowest BCUT2D eigenvalue weighted by Gasteiger charge is -2.40. The summed E-state index contributed by atoms with van der Waals surface area (Å²) in [6, 6.07) is 2.48. The maximum atomic E-state index is 12.6. The predicted octanol–water partition coefficient (Wildman–Crippen LogP) is -0.547. The van der Waals surface area contributed by atoms with E-state index in [1.54, 1.807) is 6.92 Å². The van der Waals surface area contributed by atoms with E-state index in [0.29, 0.717) is 5.56 Å². The molecule has 0 saturated carbocycles. The second-order valence-electron chi connectivity index (χ2n) is 7.04. The molecule has 3 rings (SSSR count). The molecule has 1 aliphatic heterocycles. The zero-order valence-corrected chi connectivity index (χ0v) is 15.3. The van der Waals surface area contributed by atoms with Crippen molar-refractivity contribution in [1.82, 2.24) is 0 Å². The molecule has 1 aliphatic rings. The van der Waals surface area contributed by atoms with Crippen LogP contribution in [0.1, 0.15) is 29.9 Å². The van der Waals surface area contributed by atoms with Crippen LogP contribution in [0.25, 0.3) is 11.0 Å². The molecule has 1 aromatic heterocycles. The molecule has 5 atom stereocenters. The lowest BCUT2D eigenvalue weighted by molar-refractivity contribution is -0.231. The SMILES string of the molecule is CC(=O)Cc1cc(=O)c2c(C)cc(O)c([C@@H]3O[C@H](CO)[C@H](O)[C@H](O)[C@H]3O)c2o1. The van der Waals surface area contributed by atoms with Crippen molar-refractivity contribution < 1.29 is 39.5 Å². The van der Waals surface area contributed by atoms with Crippen LogP contribution in [0.2, 0.25) is 0 Å². The molecule has 5 N–H and O–H groups in total. The summed E-state index contributed by atoms with van der Waals surface area (Å²) in [5.41, 5.74) is -0.240. The molecule has 9 heteroatoms. The van der Waals surface area contributed by atoms with Gasteiger partial charge in [-0.1, -0.05) is 0 Å². The first kappa shape index (κ1) is 20.4. The molecule has 9 nitrogen and oxygen atoms in total. The van der Waals surface area contributed by atoms with Gasteiger partial charge in [-0.3, -0.25) is 9.59 Å². The van der Waals surface area contributed by atoms with E-state index in [-0.39, 0.29) is 40.2 Å². The van der Waals surface area contributed by atoms with E-state index >= 15 is 0 Å². The summed E-state index contributed by atoms with van der Waals surface area (Å²) in [5, 5.41) is 50.5. The second-order valence-corrected chi connectivity index (χ2v) is 7.04. The van der Waals surface area contributed by atoms with Gasteiger partial charge in [-0.05, 0) is 25.5 Å². The largest absolute Gasteiger partial charge is 0.507 e. The van der Waals surface area contributed by atoms with Crippen molar-refractivity contribution in [1.29, 1.82) is 0 Å². The number of ether oxygens (including phenoxy) is 1. The number of fused-ring (bicyclic) bond motifs is 1. The van der Waals surface area contributed by atoms with E-state index in [1.807, 2.05) is 0 Å². The van der Waals surface area contributed by atoms with Crippen LogP contribution in [-0.4, -0.2) is 62.3 Å². The number of Topliss-reactive ketones (excluding diaryl/α,β-unsaturated/α-hetero) is 1. The van der Waals surface area contributed by atoms with Gasteiger partial charge in [0, 0.05) is 6.07 Å². The first-order valence-electron chi connectivity index (χ1n) is 8.74. The van der Waals surface area contributed by atoms with Crippen molar-refractivity contribution >= 4 is 16.8 Å². The van der Waals surface area contributed by atoms with E-state index in [9.17, 15) is 35.1 Å². The topological polar surface area (TPSA) is 158 Å². The van der Waals surface area contributed by atoms with Crippen LogP contribution >= 0.6 is 0 Å². The Morgan fingerprint density at radius 2 is 1.82 bits per heavy atom. The van der Waals surface area contributed by atoms with Gasteiger partial charge in [0.1, 0.15) is 53.4 Å². The molecule has 1 fully saturated rings. The third-order valence-corrected chi connectivity index (χ3v) is 4.87. The maximum Gasteiger partial charge on any atom is 0.193 e. The van der Waals surface area contributed by atoms with Crippen LogP contribution in [0.4, 0.5) is 0 Å². The fourth-order valence-electron chi connectivity index (χ4n) is 3.52. The molecule has 0 bridgehead atoms. The summed E-state index contributed by atoms with van der Waals surface area (Å²) in [5.74, 6) is -0.535. The molecule has 2 aromatic rings. The van der Waals surface area contributed by atoms with Gasteiger partial charge in [-0.2, -0.15) is 0 Å². The molecule has 28 heavy (non-hydrogen) atoms. The van der Waals surface area contributed by atoms with Crippen molar-refractivity contribution in [3.05, 3.63) is 39.2 Å². The average Bonchev–Trinajstić information content (AvgIpc) is 2.60. The lowest BCUT2D eigenvalue weighted by atomic mass is 9.89. The van der Waals surface area contributed by atoms with Gasteiger partial charge in [-0.25, -0.2) is 0 Å². The number of ketones is 1. The first-order chi connectivity index (χ1) is 13.1. The Balaban J connectivity index is 2.26. The van der Waals surface area contributed by atoms with E-state index in [1.165, 1.54) is 19.1 Å². The molecule has 0 radical (unpaired) electrons. The Hall–Kier alpha value is -2.30. The van der Waals surface area contributed by atoms with Gasteiger partial charge in [0.25, 0.3) is 0 Å². The standard InChI is InChI=1S/C19H22O9/c1-7-3-10(22)14(19-17(26)16(25)15(24)12(6-20)28-19)18-13(7)11(23)5-9(27-18)4-8(2)21/h3,5,12,15-17,19-20,22,24-26H,4,6H2,1-2H3/t12-,15+,16+,17-,19+/m1/s1. The fraction of sp³-hybridized carbons (Fsp3) is 0.474. The number of carbonyl (C=O) groups excluding carboxylic acids is 1. The van der Waals surface area contributed by atoms with Gasteiger partial charge < -0.3 is 34.7 Å². The van der Waals surface area contributed by atoms with E-state index in [4.69, 9.17) is 9.15 Å². The van der Waals surface area contributed by atoms with E-state index in [0.717, 1.165) is 0 Å². The minimum atomic E-state index is -1.67. The third-order valence-electron chi connectivity index (χ3n) is 4.87. The minimum absolute atomic E-state index is 0.0702. The van der Waals surface area contributed by atoms with Crippen LogP contribution in [-0.2, 0) is 16.0 Å². The van der Waals surface area contributed by atoms with Gasteiger partial charge in [0.05, 0.1) is 24.0 Å². The van der Waals surface area contributed by atoms with Crippen molar-refractivity contribution in [2.24, 2.45) is 0 Å². The van der Waals surface area contributed by atoms with Crippen molar-refractivity contribution in [2.45, 2.75) is 50.8 Å². The molecule has 0 unspecified atom stereocenters. The summed E-state index contributed by atoms with van der Waals surface area (Å²) in [6.45, 7) is 2.27. The van der Waals surface area contributed by atoms with E-state index in [2.05, 4.69) is 0 Å². The van der Waals surface area contributed by atoms with Gasteiger partial charge in [0.15, 0.2) is 5.43 Å². The van der Waals surface area contributed by atoms with Gasteiger partial charge in [-0.15, -0.1) is 0 Å². The lowest BCUT2D eigenvalue weighted by Crippen LogP contribution is -2.55. The number of aliphatic hydroxyl groups is 4. The number of phenols is 1. The summed E-state index contributed by atoms with van der Waals surface area (Å²) in [4.78, 5) is 24.0. The molecule has 0 aliphatic carbocycles. The molecular formula is C19H22O9. The highest BCUT2D eigenvalue weighted by Crippen LogP contribution is 2.41. The van der Waals surface area contributed by atoms with Crippen LogP contribution < -0.4 is 5.43 Å². The minimum Gasteiger partial charge on any atom is -0.507 e. The number of phenolic OH excluding ortho intramolecular Hbond substituents is 1. The quantitative estimate of drug-likeness (QED) is 0.459. The molecule has 1 saturated heterocycles. The number of aryl methyl sites for hydroxylation is 1. The summed E-state index contributed by atoms with van der Waals surface area (Å²) >= 11 is 0. The van der Waals surface area contributed by atoms with Crippen LogP contribution in [0.5, 0.6) is 5.75 Å². The first-order valence-corrected chi connectivity index (χ1v) is 8.74. The number of benzene rings is 1. The predicted molar refractivity (Wildman–Crippen MR) is 96.0 cm³/mol. The summed E-state index contributed by atoms with van der Waals surface area (Å²) < 4.78 is 11.2. The van der Waals surface area contributed by atoms with Crippen LogP contribution in [0.3, 0.4) is 0 Å². The Kier molecular flexibility index (Phi) is 5.55. The number of hydrogen-bond acceptors (Lipinski definition) is 9. The Bertz CT molecular complexity index is 962. The monoisotopic (exact) mass is 394 g/mol. The molecule has 0 amide bonds. The number of aromatic hydroxyl groups is 1. The highest BCUT2D eigenvalue weighted by molar-refractivity contribution is 5.86. The normalized spacial score (nSPS) is 27.9. The maximum absolute atomic E-state index is 12.6. The smallest absolute Gasteiger partial charge is 0.193 e. The number of rotatable bonds is 4. The number of carbonyl (C=O) groups is 1. The number of aliphatic hydroxyl groups excluding tert-OH is 4. The van der Waals surface area contributed by atoms with Crippen LogP contribution in [0.15, 0.2) is 21.3 Å². The fourth-order valence-corrected chi connectivity index (χ4v) is 3.52. The zero-order chi connectivity index (χ0) is 20.7. The van der Waals surface area contributed by atoms with Crippen molar-refractivity contribution in [3.8, 4) is 5.75 Å². The van der Waals surface area contributed by atoms with Crippen LogP contribution in [0, 0.1) is 6.92 Å². The Morgan fingerprint density at radius 1 is 1.14 bits per heavy atom. The highest BCUT2D eigenvalue weighted by atomic mass is 16.5. The summed E-state index contributed by atoms with van der Waals surface area (Å²) in [7, 11) is 0. The number of hydrogen-bond donors (Lipinski definition) is 5. The second kappa shape index (κ2) is 7.61. The molecule has 152 valence electrons. The van der Waals surface area contributed by atoms with Crippen molar-refractivity contribution in [3.63, 3.8) is 0 Å². The highest BCUT2D eigenvalue weighted by Gasteiger charge is 2.45. The summed E-state index contributed by atoms with van der Waals surface area (Å²) in [6.07, 6.45) is -7.65. The van der Waals surface area contributed by atoms with Gasteiger partial charge >= 0.3 is 0 Å². The Morgan fingerprint density at radius 3 is 2.43 bits per heavy atom. The molecule has 2 heterocycles. The molecule has 0 spiro atoms. The van der Waals surface area contributed by atoms with E-state index < -0.39 is 42.6 Å².